The lowest BCUT2D eigenvalue weighted by atomic mass is 10.1. The van der Waals surface area contributed by atoms with Gasteiger partial charge in [0.1, 0.15) is 5.75 Å². The van der Waals surface area contributed by atoms with Gasteiger partial charge in [-0.05, 0) is 18.1 Å². The van der Waals surface area contributed by atoms with E-state index in [9.17, 15) is 13.6 Å². The van der Waals surface area contributed by atoms with Gasteiger partial charge < -0.3 is 9.64 Å². The monoisotopic (exact) mass is 275 g/mol. The Hall–Kier alpha value is -1.36. The van der Waals surface area contributed by atoms with Gasteiger partial charge in [0, 0.05) is 30.6 Å². The summed E-state index contributed by atoms with van der Waals surface area (Å²) < 4.78 is 28.5. The zero-order valence-corrected chi connectivity index (χ0v) is 10.2. The maximum Gasteiger partial charge on any atom is 0.387 e. The molecule has 1 atom stereocenters. The van der Waals surface area contributed by atoms with Crippen molar-refractivity contribution >= 4 is 23.2 Å². The van der Waals surface area contributed by atoms with Crippen LogP contribution in [0.1, 0.15) is 6.42 Å². The van der Waals surface area contributed by atoms with Crippen LogP contribution >= 0.6 is 11.6 Å². The van der Waals surface area contributed by atoms with Crippen LogP contribution in [0.5, 0.6) is 5.75 Å². The highest BCUT2D eigenvalue weighted by atomic mass is 35.5. The third kappa shape index (κ3) is 2.90. The van der Waals surface area contributed by atoms with Crippen molar-refractivity contribution < 1.29 is 18.3 Å². The molecule has 18 heavy (non-hydrogen) atoms. The van der Waals surface area contributed by atoms with Crippen molar-refractivity contribution in [3.8, 4) is 5.75 Å². The summed E-state index contributed by atoms with van der Waals surface area (Å²) in [6, 6.07) is 6.12. The molecule has 2 rings (SSSR count). The second-order valence-electron chi connectivity index (χ2n) is 4.10. The average Bonchev–Trinajstić information content (AvgIpc) is 2.70. The topological polar surface area (TPSA) is 29.5 Å². The lowest BCUT2D eigenvalue weighted by molar-refractivity contribution is -0.117. The largest absolute Gasteiger partial charge is 0.435 e. The van der Waals surface area contributed by atoms with E-state index in [-0.39, 0.29) is 17.6 Å². The number of carbonyl (C=O) groups excluding carboxylic acids is 1. The standard InChI is InChI=1S/C12H12ClF2NO2/c13-6-8-4-11(17)16(7-8)9-2-1-3-10(5-9)18-12(14)15/h1-3,5,8,12H,4,6-7H2. The summed E-state index contributed by atoms with van der Waals surface area (Å²) in [7, 11) is 0. The van der Waals surface area contributed by atoms with Gasteiger partial charge in [0.25, 0.3) is 0 Å². The van der Waals surface area contributed by atoms with Gasteiger partial charge in [-0.3, -0.25) is 4.79 Å². The molecule has 0 aliphatic carbocycles. The molecule has 0 radical (unpaired) electrons. The maximum absolute atomic E-state index is 12.1. The fraction of sp³-hybridized carbons (Fsp3) is 0.417. The highest BCUT2D eigenvalue weighted by molar-refractivity contribution is 6.18. The molecule has 1 saturated heterocycles. The van der Waals surface area contributed by atoms with Crippen molar-refractivity contribution in [2.75, 3.05) is 17.3 Å². The first-order chi connectivity index (χ1) is 8.60. The van der Waals surface area contributed by atoms with E-state index in [2.05, 4.69) is 4.74 Å². The van der Waals surface area contributed by atoms with E-state index in [0.29, 0.717) is 24.5 Å². The highest BCUT2D eigenvalue weighted by Crippen LogP contribution is 2.28. The molecule has 1 unspecified atom stereocenters. The SMILES string of the molecule is O=C1CC(CCl)CN1c1cccc(OC(F)F)c1. The minimum absolute atomic E-state index is 0.0459. The molecular weight excluding hydrogens is 264 g/mol. The molecule has 1 fully saturated rings. The summed E-state index contributed by atoms with van der Waals surface area (Å²) in [6.07, 6.45) is 0.392. The summed E-state index contributed by atoms with van der Waals surface area (Å²) in [4.78, 5) is 13.3. The van der Waals surface area contributed by atoms with E-state index < -0.39 is 6.61 Å². The molecule has 0 N–H and O–H groups in total. The van der Waals surface area contributed by atoms with Gasteiger partial charge in [0.2, 0.25) is 5.91 Å². The molecule has 0 spiro atoms. The quantitative estimate of drug-likeness (QED) is 0.791. The summed E-state index contributed by atoms with van der Waals surface area (Å²) in [6.45, 7) is -2.36. The van der Waals surface area contributed by atoms with Crippen molar-refractivity contribution in [1.82, 2.24) is 0 Å². The van der Waals surface area contributed by atoms with Crippen LogP contribution in [0.25, 0.3) is 0 Å². The van der Waals surface area contributed by atoms with Gasteiger partial charge >= 0.3 is 6.61 Å². The van der Waals surface area contributed by atoms with Crippen LogP contribution in [0, 0.1) is 5.92 Å². The minimum Gasteiger partial charge on any atom is -0.435 e. The van der Waals surface area contributed by atoms with Gasteiger partial charge in [0.05, 0.1) is 0 Å². The van der Waals surface area contributed by atoms with E-state index in [1.165, 1.54) is 12.1 Å². The first-order valence-electron chi connectivity index (χ1n) is 5.51. The number of nitrogens with zero attached hydrogens (tertiary/aromatic N) is 1. The Bertz CT molecular complexity index is 442. The van der Waals surface area contributed by atoms with E-state index in [1.807, 2.05) is 0 Å². The number of anilines is 1. The molecule has 98 valence electrons. The van der Waals surface area contributed by atoms with E-state index in [0.717, 1.165) is 0 Å². The summed E-state index contributed by atoms with van der Waals surface area (Å²) in [5.41, 5.74) is 0.561. The average molecular weight is 276 g/mol. The number of hydrogen-bond acceptors (Lipinski definition) is 2. The van der Waals surface area contributed by atoms with Crippen LogP contribution in [-0.2, 0) is 4.79 Å². The second-order valence-corrected chi connectivity index (χ2v) is 4.41. The van der Waals surface area contributed by atoms with E-state index in [1.54, 1.807) is 17.0 Å². The Morgan fingerprint density at radius 2 is 2.28 bits per heavy atom. The zero-order valence-electron chi connectivity index (χ0n) is 9.48. The number of rotatable bonds is 4. The first kappa shape index (κ1) is 13.1. The molecule has 3 nitrogen and oxygen atoms in total. The van der Waals surface area contributed by atoms with Crippen molar-refractivity contribution in [3.63, 3.8) is 0 Å². The van der Waals surface area contributed by atoms with Crippen LogP contribution in [0.3, 0.4) is 0 Å². The van der Waals surface area contributed by atoms with Crippen LogP contribution < -0.4 is 9.64 Å². The summed E-state index contributed by atoms with van der Waals surface area (Å²) in [5, 5.41) is 0. The number of ether oxygens (including phenoxy) is 1. The Labute approximate surface area is 108 Å². The van der Waals surface area contributed by atoms with Gasteiger partial charge in [-0.15, -0.1) is 11.6 Å². The lowest BCUT2D eigenvalue weighted by Crippen LogP contribution is -2.24. The number of hydrogen-bond donors (Lipinski definition) is 0. The molecule has 1 aliphatic rings. The number of carbonyl (C=O) groups is 1. The van der Waals surface area contributed by atoms with Gasteiger partial charge in [-0.1, -0.05) is 6.07 Å². The van der Waals surface area contributed by atoms with Gasteiger partial charge in [-0.25, -0.2) is 0 Å². The lowest BCUT2D eigenvalue weighted by Gasteiger charge is -2.17. The van der Waals surface area contributed by atoms with Crippen LogP contribution in [0.4, 0.5) is 14.5 Å². The smallest absolute Gasteiger partial charge is 0.387 e. The molecule has 1 heterocycles. The molecule has 1 aromatic carbocycles. The van der Waals surface area contributed by atoms with Gasteiger partial charge in [0.15, 0.2) is 0 Å². The Kier molecular flexibility index (Phi) is 4.01. The molecule has 1 amide bonds. The van der Waals surface area contributed by atoms with Crippen molar-refractivity contribution in [2.45, 2.75) is 13.0 Å². The van der Waals surface area contributed by atoms with Crippen molar-refractivity contribution in [2.24, 2.45) is 5.92 Å². The fourth-order valence-corrected chi connectivity index (χ4v) is 2.17. The number of alkyl halides is 3. The number of halogens is 3. The highest BCUT2D eigenvalue weighted by Gasteiger charge is 2.30. The second kappa shape index (κ2) is 5.52. The molecule has 0 bridgehead atoms. The fourth-order valence-electron chi connectivity index (χ4n) is 1.96. The predicted octanol–water partition coefficient (Wildman–Crippen LogP) is 2.88. The molecule has 1 aliphatic heterocycles. The van der Waals surface area contributed by atoms with Crippen LogP contribution in [0.2, 0.25) is 0 Å². The molecule has 1 aromatic rings. The molecular formula is C12H12ClF2NO2. The van der Waals surface area contributed by atoms with E-state index in [4.69, 9.17) is 11.6 Å². The zero-order chi connectivity index (χ0) is 13.1. The number of amides is 1. The van der Waals surface area contributed by atoms with Gasteiger partial charge in [-0.2, -0.15) is 8.78 Å². The Morgan fingerprint density at radius 1 is 1.50 bits per heavy atom. The normalized spacial score (nSPS) is 19.7. The maximum atomic E-state index is 12.1. The third-order valence-electron chi connectivity index (χ3n) is 2.78. The molecule has 0 saturated carbocycles. The van der Waals surface area contributed by atoms with Crippen molar-refractivity contribution in [3.05, 3.63) is 24.3 Å². The molecule has 6 heteroatoms. The Balaban J connectivity index is 2.16. The van der Waals surface area contributed by atoms with Crippen LogP contribution in [0.15, 0.2) is 24.3 Å². The van der Waals surface area contributed by atoms with Crippen LogP contribution in [-0.4, -0.2) is 24.9 Å². The summed E-state index contributed by atoms with van der Waals surface area (Å²) >= 11 is 5.72. The number of benzene rings is 1. The van der Waals surface area contributed by atoms with Crippen molar-refractivity contribution in [1.29, 1.82) is 0 Å². The third-order valence-corrected chi connectivity index (χ3v) is 3.21. The first-order valence-corrected chi connectivity index (χ1v) is 6.05. The summed E-state index contributed by atoms with van der Waals surface area (Å²) in [5.74, 6) is 0.522. The predicted molar refractivity (Wildman–Crippen MR) is 64.3 cm³/mol. The minimum atomic E-state index is -2.87. The Morgan fingerprint density at radius 3 is 2.89 bits per heavy atom. The van der Waals surface area contributed by atoms with E-state index >= 15 is 0 Å². The molecule has 0 aromatic heterocycles.